The van der Waals surface area contributed by atoms with Crippen LogP contribution in [-0.2, 0) is 6.54 Å². The highest BCUT2D eigenvalue weighted by Gasteiger charge is 2.21. The van der Waals surface area contributed by atoms with Gasteiger partial charge in [-0.25, -0.2) is 0 Å². The maximum absolute atomic E-state index is 4.09. The van der Waals surface area contributed by atoms with Crippen molar-refractivity contribution in [3.63, 3.8) is 0 Å². The van der Waals surface area contributed by atoms with E-state index in [9.17, 15) is 0 Å². The average molecular weight is 206 g/mol. The molecule has 0 unspecified atom stereocenters. The molecule has 15 heavy (non-hydrogen) atoms. The predicted octanol–water partition coefficient (Wildman–Crippen LogP) is 2.85. The van der Waals surface area contributed by atoms with Gasteiger partial charge in [0.1, 0.15) is 0 Å². The molecule has 1 aromatic rings. The Labute approximate surface area is 93.1 Å². The lowest BCUT2D eigenvalue weighted by Gasteiger charge is -2.29. The van der Waals surface area contributed by atoms with Gasteiger partial charge in [-0.2, -0.15) is 0 Å². The van der Waals surface area contributed by atoms with Crippen LogP contribution in [0.4, 0.5) is 0 Å². The minimum Gasteiger partial charge on any atom is -0.312 e. The fourth-order valence-corrected chi connectivity index (χ4v) is 1.24. The van der Waals surface area contributed by atoms with Crippen LogP contribution in [0.5, 0.6) is 0 Å². The molecule has 0 atom stereocenters. The molecular formula is C13H22N2. The molecule has 84 valence electrons. The lowest BCUT2D eigenvalue weighted by atomic mass is 9.81. The number of hydrogen-bond donors (Lipinski definition) is 1. The molecule has 2 nitrogen and oxygen atoms in total. The summed E-state index contributed by atoms with van der Waals surface area (Å²) >= 11 is 0. The Bertz CT molecular complexity index is 278. The third-order valence-corrected chi connectivity index (χ3v) is 3.20. The number of aromatic nitrogens is 1. The molecule has 0 saturated heterocycles. The largest absolute Gasteiger partial charge is 0.312 e. The fourth-order valence-electron chi connectivity index (χ4n) is 1.24. The highest BCUT2D eigenvalue weighted by Crippen LogP contribution is 2.24. The van der Waals surface area contributed by atoms with Crippen molar-refractivity contribution in [3.05, 3.63) is 30.1 Å². The molecular weight excluding hydrogens is 184 g/mol. The third-order valence-electron chi connectivity index (χ3n) is 3.20. The molecule has 0 aromatic carbocycles. The monoisotopic (exact) mass is 206 g/mol. The summed E-state index contributed by atoms with van der Waals surface area (Å²) in [4.78, 5) is 4.09. The standard InChI is InChI=1S/C13H22N2/c1-11(2)13(3,4)10-15-9-12-6-5-7-14-8-12/h5-8,11,15H,9-10H2,1-4H3. The Morgan fingerprint density at radius 2 is 2.13 bits per heavy atom. The molecule has 0 aliphatic carbocycles. The van der Waals surface area contributed by atoms with E-state index >= 15 is 0 Å². The lowest BCUT2D eigenvalue weighted by molar-refractivity contribution is 0.238. The van der Waals surface area contributed by atoms with Gasteiger partial charge in [-0.15, -0.1) is 0 Å². The third kappa shape index (κ3) is 4.00. The molecule has 0 amide bonds. The van der Waals surface area contributed by atoms with Crippen molar-refractivity contribution in [1.82, 2.24) is 10.3 Å². The zero-order valence-corrected chi connectivity index (χ0v) is 10.2. The van der Waals surface area contributed by atoms with E-state index in [1.54, 1.807) is 0 Å². The van der Waals surface area contributed by atoms with Crippen molar-refractivity contribution in [2.24, 2.45) is 11.3 Å². The minimum atomic E-state index is 0.349. The second-order valence-corrected chi connectivity index (χ2v) is 5.11. The Morgan fingerprint density at radius 3 is 2.67 bits per heavy atom. The van der Waals surface area contributed by atoms with Crippen LogP contribution in [0.2, 0.25) is 0 Å². The molecule has 1 aromatic heterocycles. The number of nitrogens with one attached hydrogen (secondary N) is 1. The van der Waals surface area contributed by atoms with Crippen LogP contribution in [0.15, 0.2) is 24.5 Å². The Morgan fingerprint density at radius 1 is 1.40 bits per heavy atom. The SMILES string of the molecule is CC(C)C(C)(C)CNCc1cccnc1. The molecule has 0 aliphatic rings. The molecule has 2 heteroatoms. The maximum atomic E-state index is 4.09. The smallest absolute Gasteiger partial charge is 0.0312 e. The van der Waals surface area contributed by atoms with E-state index < -0.39 is 0 Å². The molecule has 0 spiro atoms. The molecule has 0 fully saturated rings. The quantitative estimate of drug-likeness (QED) is 0.801. The van der Waals surface area contributed by atoms with Gasteiger partial charge in [-0.05, 0) is 23.0 Å². The first-order valence-corrected chi connectivity index (χ1v) is 5.62. The first-order chi connectivity index (χ1) is 7.02. The van der Waals surface area contributed by atoms with E-state index in [0.29, 0.717) is 11.3 Å². The van der Waals surface area contributed by atoms with Crippen molar-refractivity contribution >= 4 is 0 Å². The zero-order valence-electron chi connectivity index (χ0n) is 10.2. The van der Waals surface area contributed by atoms with Crippen molar-refractivity contribution in [3.8, 4) is 0 Å². The molecule has 1 heterocycles. The number of rotatable bonds is 5. The van der Waals surface area contributed by atoms with Crippen LogP contribution in [0.1, 0.15) is 33.3 Å². The van der Waals surface area contributed by atoms with E-state index in [2.05, 4.69) is 44.1 Å². The Balaban J connectivity index is 2.34. The van der Waals surface area contributed by atoms with Crippen LogP contribution in [0.3, 0.4) is 0 Å². The zero-order chi connectivity index (χ0) is 11.3. The molecule has 1 N–H and O–H groups in total. The van der Waals surface area contributed by atoms with Crippen LogP contribution >= 0.6 is 0 Å². The van der Waals surface area contributed by atoms with Gasteiger partial charge < -0.3 is 5.32 Å². The van der Waals surface area contributed by atoms with Gasteiger partial charge in [-0.3, -0.25) is 4.98 Å². The van der Waals surface area contributed by atoms with Gasteiger partial charge in [0.25, 0.3) is 0 Å². The molecule has 0 saturated carbocycles. The van der Waals surface area contributed by atoms with Gasteiger partial charge in [0.2, 0.25) is 0 Å². The summed E-state index contributed by atoms with van der Waals surface area (Å²) in [5.74, 6) is 0.693. The Kier molecular flexibility index (Phi) is 4.28. The number of nitrogens with zero attached hydrogens (tertiary/aromatic N) is 1. The number of pyridine rings is 1. The first-order valence-electron chi connectivity index (χ1n) is 5.62. The summed E-state index contributed by atoms with van der Waals surface area (Å²) in [5, 5.41) is 3.48. The topological polar surface area (TPSA) is 24.9 Å². The molecule has 0 bridgehead atoms. The second kappa shape index (κ2) is 5.26. The van der Waals surface area contributed by atoms with Crippen LogP contribution < -0.4 is 5.32 Å². The van der Waals surface area contributed by atoms with E-state index in [-0.39, 0.29) is 0 Å². The lowest BCUT2D eigenvalue weighted by Crippen LogP contribution is -2.33. The minimum absolute atomic E-state index is 0.349. The predicted molar refractivity (Wildman–Crippen MR) is 64.6 cm³/mol. The van der Waals surface area contributed by atoms with Gasteiger partial charge in [0.15, 0.2) is 0 Å². The summed E-state index contributed by atoms with van der Waals surface area (Å²) in [6.45, 7) is 11.1. The highest BCUT2D eigenvalue weighted by molar-refractivity contribution is 5.07. The fraction of sp³-hybridized carbons (Fsp3) is 0.615. The van der Waals surface area contributed by atoms with Crippen molar-refractivity contribution in [2.45, 2.75) is 34.2 Å². The summed E-state index contributed by atoms with van der Waals surface area (Å²) < 4.78 is 0. The molecule has 0 aliphatic heterocycles. The normalized spacial score (nSPS) is 12.1. The summed E-state index contributed by atoms with van der Waals surface area (Å²) in [5.41, 5.74) is 1.60. The summed E-state index contributed by atoms with van der Waals surface area (Å²) in [6, 6.07) is 4.08. The van der Waals surface area contributed by atoms with Crippen molar-refractivity contribution in [2.75, 3.05) is 6.54 Å². The first kappa shape index (κ1) is 12.2. The summed E-state index contributed by atoms with van der Waals surface area (Å²) in [6.07, 6.45) is 3.72. The Hall–Kier alpha value is -0.890. The van der Waals surface area contributed by atoms with E-state index in [0.717, 1.165) is 13.1 Å². The van der Waals surface area contributed by atoms with Gasteiger partial charge >= 0.3 is 0 Å². The molecule has 1 rings (SSSR count). The number of hydrogen-bond acceptors (Lipinski definition) is 2. The van der Waals surface area contributed by atoms with Crippen LogP contribution in [-0.4, -0.2) is 11.5 Å². The second-order valence-electron chi connectivity index (χ2n) is 5.11. The van der Waals surface area contributed by atoms with E-state index in [1.165, 1.54) is 5.56 Å². The van der Waals surface area contributed by atoms with Gasteiger partial charge in [0.05, 0.1) is 0 Å². The average Bonchev–Trinajstić information content (AvgIpc) is 2.19. The van der Waals surface area contributed by atoms with Crippen molar-refractivity contribution in [1.29, 1.82) is 0 Å². The van der Waals surface area contributed by atoms with E-state index in [4.69, 9.17) is 0 Å². The van der Waals surface area contributed by atoms with Gasteiger partial charge in [-0.1, -0.05) is 33.8 Å². The maximum Gasteiger partial charge on any atom is 0.0312 e. The highest BCUT2D eigenvalue weighted by atomic mass is 14.9. The summed E-state index contributed by atoms with van der Waals surface area (Å²) in [7, 11) is 0. The van der Waals surface area contributed by atoms with Gasteiger partial charge in [0, 0.05) is 25.5 Å². The van der Waals surface area contributed by atoms with Crippen LogP contribution in [0.25, 0.3) is 0 Å². The van der Waals surface area contributed by atoms with Crippen molar-refractivity contribution < 1.29 is 0 Å². The molecule has 0 radical (unpaired) electrons. The van der Waals surface area contributed by atoms with E-state index in [1.807, 2.05) is 18.5 Å². The van der Waals surface area contributed by atoms with Crippen LogP contribution in [0, 0.1) is 11.3 Å².